The third-order valence-electron chi connectivity index (χ3n) is 3.18. The maximum absolute atomic E-state index is 13.5. The fourth-order valence-corrected chi connectivity index (χ4v) is 3.17. The van der Waals surface area contributed by atoms with Crippen molar-refractivity contribution in [3.8, 4) is 0 Å². The first kappa shape index (κ1) is 17.0. The number of thiocarbonyl (C=S) groups is 1. The van der Waals surface area contributed by atoms with E-state index in [9.17, 15) is 12.8 Å². The van der Waals surface area contributed by atoms with Crippen molar-refractivity contribution in [2.24, 2.45) is 11.7 Å². The van der Waals surface area contributed by atoms with Crippen LogP contribution in [0.25, 0.3) is 0 Å². The molecule has 0 fully saturated rings. The maximum atomic E-state index is 13.5. The van der Waals surface area contributed by atoms with E-state index in [4.69, 9.17) is 18.0 Å². The molecule has 0 aliphatic rings. The van der Waals surface area contributed by atoms with Crippen LogP contribution in [0.15, 0.2) is 23.1 Å². The SMILES string of the molecule is CCC(C)CN(C)S(=O)(=O)c1ccc(F)c(C(N)=S)c1. The summed E-state index contributed by atoms with van der Waals surface area (Å²) in [5.41, 5.74) is 5.33. The molecule has 0 spiro atoms. The molecule has 0 bridgehead atoms. The monoisotopic (exact) mass is 318 g/mol. The van der Waals surface area contributed by atoms with Crippen LogP contribution in [0.4, 0.5) is 4.39 Å². The number of nitrogens with two attached hydrogens (primary N) is 1. The van der Waals surface area contributed by atoms with Gasteiger partial charge in [0.15, 0.2) is 0 Å². The summed E-state index contributed by atoms with van der Waals surface area (Å²) in [6.07, 6.45) is 0.876. The van der Waals surface area contributed by atoms with Crippen LogP contribution in [-0.4, -0.2) is 31.3 Å². The van der Waals surface area contributed by atoms with Gasteiger partial charge in [0.1, 0.15) is 10.8 Å². The van der Waals surface area contributed by atoms with Gasteiger partial charge in [-0.3, -0.25) is 0 Å². The minimum atomic E-state index is -3.67. The van der Waals surface area contributed by atoms with E-state index in [1.54, 1.807) is 0 Å². The lowest BCUT2D eigenvalue weighted by atomic mass is 10.1. The Kier molecular flexibility index (Phi) is 5.61. The second-order valence-corrected chi connectivity index (χ2v) is 7.29. The summed E-state index contributed by atoms with van der Waals surface area (Å²) in [4.78, 5) is -0.170. The molecule has 1 aromatic rings. The van der Waals surface area contributed by atoms with Gasteiger partial charge in [-0.15, -0.1) is 0 Å². The fraction of sp³-hybridized carbons (Fsp3) is 0.462. The van der Waals surface area contributed by atoms with Gasteiger partial charge < -0.3 is 5.73 Å². The van der Waals surface area contributed by atoms with Crippen LogP contribution >= 0.6 is 12.2 Å². The lowest BCUT2D eigenvalue weighted by molar-refractivity contribution is 0.393. The number of hydrogen-bond acceptors (Lipinski definition) is 3. The number of rotatable bonds is 6. The highest BCUT2D eigenvalue weighted by atomic mass is 32.2. The first-order chi connectivity index (χ1) is 9.20. The standard InChI is InChI=1S/C13H19FN2O2S2/c1-4-9(2)8-16(3)20(17,18)10-5-6-12(14)11(7-10)13(15)19/h5-7,9H,4,8H2,1-3H3,(H2,15,19). The van der Waals surface area contributed by atoms with Gasteiger partial charge in [0.25, 0.3) is 0 Å². The largest absolute Gasteiger partial charge is 0.389 e. The Balaban J connectivity index is 3.16. The summed E-state index contributed by atoms with van der Waals surface area (Å²) >= 11 is 4.72. The second-order valence-electron chi connectivity index (χ2n) is 4.80. The van der Waals surface area contributed by atoms with Crippen molar-refractivity contribution in [2.45, 2.75) is 25.2 Å². The molecule has 0 aliphatic heterocycles. The minimum absolute atomic E-state index is 0.00694. The van der Waals surface area contributed by atoms with Crippen molar-refractivity contribution in [1.29, 1.82) is 0 Å². The van der Waals surface area contributed by atoms with E-state index in [1.807, 2.05) is 13.8 Å². The number of sulfonamides is 1. The highest BCUT2D eigenvalue weighted by Gasteiger charge is 2.23. The minimum Gasteiger partial charge on any atom is -0.389 e. The molecule has 1 aromatic carbocycles. The highest BCUT2D eigenvalue weighted by Crippen LogP contribution is 2.19. The van der Waals surface area contributed by atoms with Crippen LogP contribution in [-0.2, 0) is 10.0 Å². The van der Waals surface area contributed by atoms with Crippen LogP contribution < -0.4 is 5.73 Å². The molecule has 20 heavy (non-hydrogen) atoms. The van der Waals surface area contributed by atoms with E-state index < -0.39 is 15.8 Å². The summed E-state index contributed by atoms with van der Waals surface area (Å²) in [5, 5.41) is 0. The molecule has 4 nitrogen and oxygen atoms in total. The normalized spacial score (nSPS) is 13.4. The van der Waals surface area contributed by atoms with Crippen molar-refractivity contribution in [3.63, 3.8) is 0 Å². The Labute approximate surface area is 124 Å². The number of halogens is 1. The fourth-order valence-electron chi connectivity index (χ4n) is 1.70. The van der Waals surface area contributed by atoms with Gasteiger partial charge in [0.05, 0.1) is 4.90 Å². The van der Waals surface area contributed by atoms with Gasteiger partial charge in [-0.2, -0.15) is 0 Å². The third kappa shape index (κ3) is 3.74. The lowest BCUT2D eigenvalue weighted by Gasteiger charge is -2.20. The van der Waals surface area contributed by atoms with E-state index in [0.29, 0.717) is 6.54 Å². The van der Waals surface area contributed by atoms with E-state index >= 15 is 0 Å². The Morgan fingerprint density at radius 3 is 2.60 bits per heavy atom. The summed E-state index contributed by atoms with van der Waals surface area (Å²) in [5.74, 6) is -0.383. The van der Waals surface area contributed by atoms with E-state index in [0.717, 1.165) is 12.5 Å². The quantitative estimate of drug-likeness (QED) is 0.816. The Bertz CT molecular complexity index is 602. The van der Waals surface area contributed by atoms with Gasteiger partial charge in [-0.25, -0.2) is 17.1 Å². The molecule has 0 aromatic heterocycles. The molecule has 0 saturated carbocycles. The zero-order chi connectivity index (χ0) is 15.5. The van der Waals surface area contributed by atoms with Crippen molar-refractivity contribution in [3.05, 3.63) is 29.6 Å². The maximum Gasteiger partial charge on any atom is 0.242 e. The molecule has 1 unspecified atom stereocenters. The molecule has 0 radical (unpaired) electrons. The molecule has 0 aliphatic carbocycles. The number of benzene rings is 1. The molecule has 0 saturated heterocycles. The second kappa shape index (κ2) is 6.60. The molecule has 1 atom stereocenters. The van der Waals surface area contributed by atoms with Crippen molar-refractivity contribution >= 4 is 27.2 Å². The third-order valence-corrected chi connectivity index (χ3v) is 5.22. The summed E-state index contributed by atoms with van der Waals surface area (Å²) < 4.78 is 39.5. The van der Waals surface area contributed by atoms with Crippen molar-refractivity contribution in [2.75, 3.05) is 13.6 Å². The first-order valence-corrected chi connectivity index (χ1v) is 8.10. The van der Waals surface area contributed by atoms with Crippen LogP contribution in [0.5, 0.6) is 0 Å². The van der Waals surface area contributed by atoms with Gasteiger partial charge in [0, 0.05) is 19.2 Å². The van der Waals surface area contributed by atoms with Gasteiger partial charge >= 0.3 is 0 Å². The molecule has 0 heterocycles. The molecule has 0 amide bonds. The summed E-state index contributed by atoms with van der Waals surface area (Å²) in [7, 11) is -2.16. The zero-order valence-corrected chi connectivity index (χ0v) is 13.4. The van der Waals surface area contributed by atoms with E-state index in [-0.39, 0.29) is 21.4 Å². The smallest absolute Gasteiger partial charge is 0.242 e. The van der Waals surface area contributed by atoms with Gasteiger partial charge in [-0.1, -0.05) is 32.5 Å². The van der Waals surface area contributed by atoms with Gasteiger partial charge in [0.2, 0.25) is 10.0 Å². The molecule has 1 rings (SSSR count). The van der Waals surface area contributed by atoms with Crippen LogP contribution in [0.2, 0.25) is 0 Å². The highest BCUT2D eigenvalue weighted by molar-refractivity contribution is 7.89. The molecule has 2 N–H and O–H groups in total. The average molecular weight is 318 g/mol. The lowest BCUT2D eigenvalue weighted by Crippen LogP contribution is -2.31. The zero-order valence-electron chi connectivity index (χ0n) is 11.8. The van der Waals surface area contributed by atoms with Gasteiger partial charge in [-0.05, 0) is 24.1 Å². The van der Waals surface area contributed by atoms with Crippen LogP contribution in [0, 0.1) is 11.7 Å². The van der Waals surface area contributed by atoms with Crippen molar-refractivity contribution in [1.82, 2.24) is 4.31 Å². The molecule has 112 valence electrons. The van der Waals surface area contributed by atoms with Crippen LogP contribution in [0.3, 0.4) is 0 Å². The summed E-state index contributed by atoms with van der Waals surface area (Å²) in [6.45, 7) is 4.36. The predicted molar refractivity (Wildman–Crippen MR) is 81.6 cm³/mol. The Morgan fingerprint density at radius 2 is 2.10 bits per heavy atom. The van der Waals surface area contributed by atoms with Crippen molar-refractivity contribution < 1.29 is 12.8 Å². The Hall–Kier alpha value is -1.05. The molecular weight excluding hydrogens is 299 g/mol. The predicted octanol–water partition coefficient (Wildman–Crippen LogP) is 2.13. The Morgan fingerprint density at radius 1 is 1.50 bits per heavy atom. The number of nitrogens with zero attached hydrogens (tertiary/aromatic N) is 1. The number of hydrogen-bond donors (Lipinski definition) is 1. The first-order valence-electron chi connectivity index (χ1n) is 6.25. The molecular formula is C13H19FN2O2S2. The summed E-state index contributed by atoms with van der Waals surface area (Å²) in [6, 6.07) is 3.47. The molecule has 7 heteroatoms. The van der Waals surface area contributed by atoms with Crippen LogP contribution in [0.1, 0.15) is 25.8 Å². The topological polar surface area (TPSA) is 63.4 Å². The van der Waals surface area contributed by atoms with E-state index in [2.05, 4.69) is 0 Å². The van der Waals surface area contributed by atoms with E-state index in [1.165, 1.54) is 23.5 Å². The average Bonchev–Trinajstić information content (AvgIpc) is 2.38.